The zero-order valence-corrected chi connectivity index (χ0v) is 8.10. The topological polar surface area (TPSA) is 102 Å². The SMILES string of the molecule is COCOO.O=[N+]([O-])O.[Y]. The Morgan fingerprint density at radius 2 is 2.00 bits per heavy atom. The first-order valence-corrected chi connectivity index (χ1v) is 1.73. The van der Waals surface area contributed by atoms with Gasteiger partial charge in [-0.2, -0.15) is 0 Å². The van der Waals surface area contributed by atoms with E-state index >= 15 is 0 Å². The number of methoxy groups -OCH3 is 1. The Labute approximate surface area is 81.8 Å². The summed E-state index contributed by atoms with van der Waals surface area (Å²) in [5.41, 5.74) is 0. The van der Waals surface area contributed by atoms with Crippen LogP contribution in [-0.2, 0) is 42.3 Å². The van der Waals surface area contributed by atoms with Crippen molar-refractivity contribution in [2.24, 2.45) is 0 Å². The normalized spacial score (nSPS) is 6.60. The van der Waals surface area contributed by atoms with Gasteiger partial charge in [0.2, 0.25) is 0 Å². The van der Waals surface area contributed by atoms with Crippen molar-refractivity contribution in [1.29, 1.82) is 0 Å². The van der Waals surface area contributed by atoms with E-state index in [0.717, 1.165) is 0 Å². The zero-order valence-electron chi connectivity index (χ0n) is 5.26. The molecule has 0 atom stereocenters. The van der Waals surface area contributed by atoms with Gasteiger partial charge < -0.3 is 9.94 Å². The zero-order chi connectivity index (χ0) is 7.70. The van der Waals surface area contributed by atoms with Gasteiger partial charge in [0, 0.05) is 39.8 Å². The molecule has 0 aromatic carbocycles. The van der Waals surface area contributed by atoms with Gasteiger partial charge in [0.25, 0.3) is 5.09 Å². The van der Waals surface area contributed by atoms with Crippen LogP contribution in [0.4, 0.5) is 0 Å². The Morgan fingerprint density at radius 1 is 1.70 bits per heavy atom. The maximum absolute atomic E-state index is 8.36. The molecule has 0 bridgehead atoms. The molecular weight excluding hydrogens is 223 g/mol. The summed E-state index contributed by atoms with van der Waals surface area (Å²) < 4.78 is 4.22. The van der Waals surface area contributed by atoms with Crippen LogP contribution < -0.4 is 0 Å². The standard InChI is InChI=1S/C2H6O3.HNO3.Y/c1-4-2-5-3;2-1(3)4;/h3H,2H2,1H3;(H,2,3,4);. The van der Waals surface area contributed by atoms with Gasteiger partial charge in [0.05, 0.1) is 0 Å². The third-order valence-corrected chi connectivity index (χ3v) is 0.171. The summed E-state index contributed by atoms with van der Waals surface area (Å²) in [6.45, 7) is -0.0556. The minimum Gasteiger partial charge on any atom is -0.355 e. The molecule has 0 rings (SSSR count). The largest absolute Gasteiger partial charge is 0.355 e. The summed E-state index contributed by atoms with van der Waals surface area (Å²) in [5.74, 6) is 0. The monoisotopic (exact) mass is 230 g/mol. The van der Waals surface area contributed by atoms with Crippen LogP contribution in [0, 0.1) is 10.1 Å². The van der Waals surface area contributed by atoms with E-state index < -0.39 is 5.09 Å². The molecule has 0 aromatic heterocycles. The first kappa shape index (κ1) is 16.6. The molecule has 8 heteroatoms. The van der Waals surface area contributed by atoms with Gasteiger partial charge in [0.1, 0.15) is 0 Å². The van der Waals surface area contributed by atoms with E-state index in [2.05, 4.69) is 9.62 Å². The summed E-state index contributed by atoms with van der Waals surface area (Å²) >= 11 is 0. The molecule has 0 aliphatic carbocycles. The minimum absolute atomic E-state index is 0. The maximum Gasteiger partial charge on any atom is 0.291 e. The van der Waals surface area contributed by atoms with E-state index in [1.807, 2.05) is 0 Å². The average Bonchev–Trinajstić information content (AvgIpc) is 1.66. The predicted octanol–water partition coefficient (Wildman–Crippen LogP) is -0.270. The number of ether oxygens (including phenoxy) is 1. The van der Waals surface area contributed by atoms with E-state index in [0.29, 0.717) is 0 Å². The molecular formula is C2H7NO6Y. The van der Waals surface area contributed by atoms with Crippen LogP contribution in [-0.4, -0.2) is 29.5 Å². The van der Waals surface area contributed by atoms with Gasteiger partial charge in [-0.25, -0.2) is 10.1 Å². The first-order valence-electron chi connectivity index (χ1n) is 1.73. The van der Waals surface area contributed by atoms with Crippen LogP contribution in [0.3, 0.4) is 0 Å². The van der Waals surface area contributed by atoms with Crippen LogP contribution in [0.25, 0.3) is 0 Å². The van der Waals surface area contributed by atoms with Crippen LogP contribution in [0.1, 0.15) is 0 Å². The summed E-state index contributed by atoms with van der Waals surface area (Å²) in [4.78, 5) is 11.8. The Bertz CT molecular complexity index is 62.8. The van der Waals surface area contributed by atoms with Crippen molar-refractivity contribution in [2.75, 3.05) is 13.9 Å². The van der Waals surface area contributed by atoms with Gasteiger partial charge in [-0.1, -0.05) is 0 Å². The third kappa shape index (κ3) is 88.6. The molecule has 0 aliphatic rings. The molecule has 10 heavy (non-hydrogen) atoms. The second-order valence-electron chi connectivity index (χ2n) is 0.773. The number of hydrogen-bond donors (Lipinski definition) is 2. The molecule has 7 nitrogen and oxygen atoms in total. The Kier molecular flexibility index (Phi) is 26.8. The van der Waals surface area contributed by atoms with Crippen molar-refractivity contribution in [3.63, 3.8) is 0 Å². The molecule has 0 heterocycles. The third-order valence-electron chi connectivity index (χ3n) is 0.171. The van der Waals surface area contributed by atoms with E-state index in [-0.39, 0.29) is 39.5 Å². The van der Waals surface area contributed by atoms with E-state index in [4.69, 9.17) is 20.6 Å². The van der Waals surface area contributed by atoms with Crippen molar-refractivity contribution in [2.45, 2.75) is 0 Å². The van der Waals surface area contributed by atoms with Gasteiger partial charge in [-0.15, -0.1) is 10.1 Å². The minimum atomic E-state index is -1.50. The Morgan fingerprint density at radius 3 is 2.00 bits per heavy atom. The van der Waals surface area contributed by atoms with Crippen molar-refractivity contribution in [3.05, 3.63) is 10.1 Å². The molecule has 0 fully saturated rings. The average molecular weight is 230 g/mol. The van der Waals surface area contributed by atoms with Crippen molar-refractivity contribution in [3.8, 4) is 0 Å². The molecule has 0 aliphatic heterocycles. The second kappa shape index (κ2) is 16.1. The fraction of sp³-hybridized carbons (Fsp3) is 1.00. The van der Waals surface area contributed by atoms with Gasteiger partial charge >= 0.3 is 0 Å². The Balaban J connectivity index is -0.0000000910. The molecule has 0 amide bonds. The molecule has 59 valence electrons. The van der Waals surface area contributed by atoms with Gasteiger partial charge in [0.15, 0.2) is 6.79 Å². The van der Waals surface area contributed by atoms with Crippen molar-refractivity contribution in [1.82, 2.24) is 0 Å². The van der Waals surface area contributed by atoms with Crippen LogP contribution >= 0.6 is 0 Å². The summed E-state index contributed by atoms with van der Waals surface area (Å²) in [6, 6.07) is 0. The number of nitrogens with zero attached hydrogens (tertiary/aromatic N) is 1. The molecule has 1 radical (unpaired) electrons. The number of hydrogen-bond acceptors (Lipinski definition) is 5. The number of rotatable bonds is 2. The smallest absolute Gasteiger partial charge is 0.291 e. The van der Waals surface area contributed by atoms with Gasteiger partial charge in [-0.3, -0.25) is 0 Å². The summed E-state index contributed by atoms with van der Waals surface area (Å²) in [6.07, 6.45) is 0. The molecule has 0 unspecified atom stereocenters. The molecule has 2 N–H and O–H groups in total. The Hall–Kier alpha value is 0.184. The predicted molar refractivity (Wildman–Crippen MR) is 24.4 cm³/mol. The van der Waals surface area contributed by atoms with Crippen LogP contribution in [0.5, 0.6) is 0 Å². The van der Waals surface area contributed by atoms with E-state index in [9.17, 15) is 0 Å². The quantitative estimate of drug-likeness (QED) is 0.293. The summed E-state index contributed by atoms with van der Waals surface area (Å²) in [7, 11) is 1.43. The van der Waals surface area contributed by atoms with Crippen molar-refractivity contribution < 1.29 is 57.9 Å². The van der Waals surface area contributed by atoms with Crippen LogP contribution in [0.15, 0.2) is 0 Å². The van der Waals surface area contributed by atoms with Crippen molar-refractivity contribution >= 4 is 0 Å². The second-order valence-corrected chi connectivity index (χ2v) is 0.773. The van der Waals surface area contributed by atoms with E-state index in [1.165, 1.54) is 7.11 Å². The summed E-state index contributed by atoms with van der Waals surface area (Å²) in [5, 5.41) is 21.1. The molecule has 0 saturated heterocycles. The molecule has 0 saturated carbocycles. The fourth-order valence-electron chi connectivity index (χ4n) is 0.0527. The van der Waals surface area contributed by atoms with Gasteiger partial charge in [-0.05, 0) is 0 Å². The first-order chi connectivity index (χ1) is 4.15. The van der Waals surface area contributed by atoms with E-state index in [1.54, 1.807) is 0 Å². The fourth-order valence-corrected chi connectivity index (χ4v) is 0.0527. The maximum atomic E-state index is 8.36. The van der Waals surface area contributed by atoms with Crippen LogP contribution in [0.2, 0.25) is 0 Å². The molecule has 0 aromatic rings. The molecule has 0 spiro atoms.